The van der Waals surface area contributed by atoms with Crippen LogP contribution in [0.4, 0.5) is 0 Å². The molecule has 162 valence electrons. The minimum absolute atomic E-state index is 0.0291. The van der Waals surface area contributed by atoms with Gasteiger partial charge in [-0.25, -0.2) is 14.8 Å². The Hall–Kier alpha value is -3.61. The molecule has 1 aromatic heterocycles. The van der Waals surface area contributed by atoms with Gasteiger partial charge in [0.2, 0.25) is 11.6 Å². The standard InChI is InChI=1S/C24H26N2O5/c1-6-29-16(4)19-12-15(3)13-20-21(19)26-23(22(25-20)24(27)30-7-2)31-14-17-8-10-18(28-5)11-9-17/h8-13H,4,6-7,14H2,1-3,5H3. The molecule has 0 unspecified atom stereocenters. The lowest BCUT2D eigenvalue weighted by Crippen LogP contribution is -2.12. The number of carbonyl (C=O) groups excluding carboxylic acids is 1. The fraction of sp³-hybridized carbons (Fsp3) is 0.292. The Morgan fingerprint density at radius 1 is 1.03 bits per heavy atom. The molecule has 0 aliphatic carbocycles. The molecular weight excluding hydrogens is 396 g/mol. The van der Waals surface area contributed by atoms with Gasteiger partial charge < -0.3 is 18.9 Å². The number of carbonyl (C=O) groups is 1. The highest BCUT2D eigenvalue weighted by molar-refractivity contribution is 5.94. The summed E-state index contributed by atoms with van der Waals surface area (Å²) in [7, 11) is 1.61. The van der Waals surface area contributed by atoms with E-state index in [9.17, 15) is 4.79 Å². The highest BCUT2D eigenvalue weighted by atomic mass is 16.5. The van der Waals surface area contributed by atoms with Crippen molar-refractivity contribution in [3.8, 4) is 11.6 Å². The zero-order valence-electron chi connectivity index (χ0n) is 18.2. The Morgan fingerprint density at radius 3 is 2.39 bits per heavy atom. The fourth-order valence-electron chi connectivity index (χ4n) is 3.06. The van der Waals surface area contributed by atoms with Gasteiger partial charge in [0.1, 0.15) is 23.6 Å². The summed E-state index contributed by atoms with van der Waals surface area (Å²) >= 11 is 0. The van der Waals surface area contributed by atoms with Crippen molar-refractivity contribution in [1.82, 2.24) is 9.97 Å². The second-order valence-corrected chi connectivity index (χ2v) is 6.77. The molecule has 7 nitrogen and oxygen atoms in total. The maximum atomic E-state index is 12.5. The number of aromatic nitrogens is 2. The van der Waals surface area contributed by atoms with Crippen LogP contribution in [0.5, 0.6) is 11.6 Å². The smallest absolute Gasteiger partial charge is 0.362 e. The van der Waals surface area contributed by atoms with Gasteiger partial charge in [0, 0.05) is 5.56 Å². The predicted molar refractivity (Wildman–Crippen MR) is 118 cm³/mol. The molecule has 0 radical (unpaired) electrons. The molecule has 0 fully saturated rings. The van der Waals surface area contributed by atoms with E-state index in [4.69, 9.17) is 18.9 Å². The zero-order valence-corrected chi connectivity index (χ0v) is 18.2. The average Bonchev–Trinajstić information content (AvgIpc) is 2.77. The Kier molecular flexibility index (Phi) is 7.07. The van der Waals surface area contributed by atoms with Crippen LogP contribution in [0.3, 0.4) is 0 Å². The number of benzene rings is 2. The van der Waals surface area contributed by atoms with Crippen LogP contribution in [-0.2, 0) is 16.1 Å². The molecule has 31 heavy (non-hydrogen) atoms. The highest BCUT2D eigenvalue weighted by Crippen LogP contribution is 2.28. The molecule has 3 rings (SSSR count). The molecule has 3 aromatic rings. The van der Waals surface area contributed by atoms with E-state index < -0.39 is 5.97 Å². The fourth-order valence-corrected chi connectivity index (χ4v) is 3.06. The predicted octanol–water partition coefficient (Wildman–Crippen LogP) is 4.71. The van der Waals surface area contributed by atoms with E-state index in [1.165, 1.54) is 0 Å². The summed E-state index contributed by atoms with van der Waals surface area (Å²) in [6, 6.07) is 11.2. The first kappa shape index (κ1) is 22.1. The van der Waals surface area contributed by atoms with E-state index in [-0.39, 0.29) is 24.8 Å². The van der Waals surface area contributed by atoms with Crippen molar-refractivity contribution in [2.75, 3.05) is 20.3 Å². The van der Waals surface area contributed by atoms with Crippen molar-refractivity contribution in [1.29, 1.82) is 0 Å². The first-order valence-corrected chi connectivity index (χ1v) is 10.0. The van der Waals surface area contributed by atoms with Crippen LogP contribution in [-0.4, -0.2) is 36.3 Å². The summed E-state index contributed by atoms with van der Waals surface area (Å²) in [6.45, 7) is 10.4. The first-order chi connectivity index (χ1) is 15.0. The SMILES string of the molecule is C=C(OCC)c1cc(C)cc2nc(C(=O)OCC)c(OCc3ccc(OC)cc3)nc12. The molecule has 0 saturated carbocycles. The Balaban J connectivity index is 2.05. The number of hydrogen-bond acceptors (Lipinski definition) is 7. The lowest BCUT2D eigenvalue weighted by molar-refractivity contribution is 0.0513. The normalized spacial score (nSPS) is 10.6. The van der Waals surface area contributed by atoms with Gasteiger partial charge in [-0.1, -0.05) is 18.7 Å². The lowest BCUT2D eigenvalue weighted by Gasteiger charge is -2.14. The van der Waals surface area contributed by atoms with E-state index in [1.807, 2.05) is 50.2 Å². The molecule has 0 N–H and O–H groups in total. The van der Waals surface area contributed by atoms with Crippen molar-refractivity contribution in [2.24, 2.45) is 0 Å². The molecule has 0 atom stereocenters. The third kappa shape index (κ3) is 5.12. The molecule has 0 aliphatic heterocycles. The third-order valence-electron chi connectivity index (χ3n) is 4.50. The van der Waals surface area contributed by atoms with Gasteiger partial charge >= 0.3 is 5.97 Å². The number of fused-ring (bicyclic) bond motifs is 1. The van der Waals surface area contributed by atoms with Crippen molar-refractivity contribution in [3.05, 3.63) is 65.4 Å². The van der Waals surface area contributed by atoms with Crippen LogP contribution in [0.2, 0.25) is 0 Å². The summed E-state index contributed by atoms with van der Waals surface area (Å²) in [6.07, 6.45) is 0. The number of ether oxygens (including phenoxy) is 4. The molecule has 2 aromatic carbocycles. The minimum Gasteiger partial charge on any atom is -0.497 e. The van der Waals surface area contributed by atoms with E-state index in [2.05, 4.69) is 16.5 Å². The van der Waals surface area contributed by atoms with Gasteiger partial charge in [0.25, 0.3) is 0 Å². The summed E-state index contributed by atoms with van der Waals surface area (Å²) in [5.41, 5.74) is 3.65. The number of rotatable bonds is 9. The molecular formula is C24H26N2O5. The van der Waals surface area contributed by atoms with Crippen LogP contribution in [0.15, 0.2) is 43.0 Å². The van der Waals surface area contributed by atoms with Crippen LogP contribution in [0, 0.1) is 6.92 Å². The largest absolute Gasteiger partial charge is 0.497 e. The number of nitrogens with zero attached hydrogens (tertiary/aromatic N) is 2. The number of esters is 1. The summed E-state index contributed by atoms with van der Waals surface area (Å²) in [5.74, 6) is 0.732. The van der Waals surface area contributed by atoms with Crippen molar-refractivity contribution < 1.29 is 23.7 Å². The molecule has 1 heterocycles. The summed E-state index contributed by atoms with van der Waals surface area (Å²) < 4.78 is 21.8. The minimum atomic E-state index is -0.590. The van der Waals surface area contributed by atoms with Crippen LogP contribution in [0.1, 0.15) is 41.0 Å². The zero-order chi connectivity index (χ0) is 22.4. The van der Waals surface area contributed by atoms with Crippen LogP contribution in [0.25, 0.3) is 16.8 Å². The van der Waals surface area contributed by atoms with Crippen molar-refractivity contribution in [2.45, 2.75) is 27.4 Å². The van der Waals surface area contributed by atoms with Gasteiger partial charge in [0.05, 0.1) is 25.8 Å². The Bertz CT molecular complexity index is 1090. The third-order valence-corrected chi connectivity index (χ3v) is 4.50. The second kappa shape index (κ2) is 9.93. The number of methoxy groups -OCH3 is 1. The highest BCUT2D eigenvalue weighted by Gasteiger charge is 2.21. The monoisotopic (exact) mass is 422 g/mol. The topological polar surface area (TPSA) is 79.8 Å². The van der Waals surface area contributed by atoms with Crippen molar-refractivity contribution in [3.63, 3.8) is 0 Å². The number of aryl methyl sites for hydroxylation is 1. The summed E-state index contributed by atoms with van der Waals surface area (Å²) in [5, 5.41) is 0. The molecule has 0 aliphatic rings. The first-order valence-electron chi connectivity index (χ1n) is 10.0. The second-order valence-electron chi connectivity index (χ2n) is 6.77. The van der Waals surface area contributed by atoms with E-state index in [1.54, 1.807) is 14.0 Å². The molecule has 0 saturated heterocycles. The molecule has 0 bridgehead atoms. The average molecular weight is 422 g/mol. The van der Waals surface area contributed by atoms with E-state index in [0.717, 1.165) is 16.9 Å². The van der Waals surface area contributed by atoms with Crippen LogP contribution >= 0.6 is 0 Å². The molecule has 0 spiro atoms. The molecule has 0 amide bonds. The Morgan fingerprint density at radius 2 is 1.74 bits per heavy atom. The molecule has 7 heteroatoms. The maximum Gasteiger partial charge on any atom is 0.362 e. The summed E-state index contributed by atoms with van der Waals surface area (Å²) in [4.78, 5) is 21.7. The van der Waals surface area contributed by atoms with Crippen molar-refractivity contribution >= 4 is 22.8 Å². The van der Waals surface area contributed by atoms with Crippen LogP contribution < -0.4 is 9.47 Å². The maximum absolute atomic E-state index is 12.5. The van der Waals surface area contributed by atoms with Gasteiger partial charge in [-0.05, 0) is 56.2 Å². The van der Waals surface area contributed by atoms with E-state index in [0.29, 0.717) is 29.0 Å². The van der Waals surface area contributed by atoms with E-state index >= 15 is 0 Å². The van der Waals surface area contributed by atoms with Gasteiger partial charge in [-0.15, -0.1) is 0 Å². The van der Waals surface area contributed by atoms with Gasteiger partial charge in [-0.2, -0.15) is 0 Å². The lowest BCUT2D eigenvalue weighted by atomic mass is 10.1. The Labute approximate surface area is 181 Å². The van der Waals surface area contributed by atoms with Gasteiger partial charge in [0.15, 0.2) is 0 Å². The number of hydrogen-bond donors (Lipinski definition) is 0. The quantitative estimate of drug-likeness (QED) is 0.365. The van der Waals surface area contributed by atoms with Gasteiger partial charge in [-0.3, -0.25) is 0 Å².